The molecular weight excluding hydrogens is 390 g/mol. The molecule has 0 unspecified atom stereocenters. The van der Waals surface area contributed by atoms with Crippen molar-refractivity contribution in [2.75, 3.05) is 12.3 Å². The van der Waals surface area contributed by atoms with Crippen LogP contribution in [0.1, 0.15) is 28.5 Å². The molecule has 7 nitrogen and oxygen atoms in total. The number of rotatable bonds is 3. The Morgan fingerprint density at radius 2 is 1.94 bits per heavy atom. The number of nitrogens with zero attached hydrogens (tertiary/aromatic N) is 3. The molecule has 1 aliphatic heterocycles. The Morgan fingerprint density at radius 3 is 2.71 bits per heavy atom. The van der Waals surface area contributed by atoms with E-state index in [1.165, 1.54) is 0 Å². The average molecular weight is 413 g/mol. The number of fused-ring (bicyclic) bond motifs is 2. The summed E-state index contributed by atoms with van der Waals surface area (Å²) in [6, 6.07) is 15.2. The normalized spacial score (nSPS) is 14.0. The molecule has 2 aromatic carbocycles. The van der Waals surface area contributed by atoms with Gasteiger partial charge < -0.3 is 10.7 Å². The zero-order chi connectivity index (χ0) is 21.5. The van der Waals surface area contributed by atoms with Crippen LogP contribution < -0.4 is 11.3 Å². The zero-order valence-corrected chi connectivity index (χ0v) is 17.3. The Kier molecular flexibility index (Phi) is 4.67. The van der Waals surface area contributed by atoms with E-state index >= 15 is 0 Å². The van der Waals surface area contributed by atoms with Gasteiger partial charge >= 0.3 is 0 Å². The highest BCUT2D eigenvalue weighted by atomic mass is 16.1. The summed E-state index contributed by atoms with van der Waals surface area (Å²) in [5.74, 6) is 0.559. The first-order valence-corrected chi connectivity index (χ1v) is 10.3. The van der Waals surface area contributed by atoms with Gasteiger partial charge in [0.1, 0.15) is 5.82 Å². The quantitative estimate of drug-likeness (QED) is 0.503. The number of aromatic amines is 1. The zero-order valence-electron chi connectivity index (χ0n) is 17.3. The Morgan fingerprint density at radius 1 is 1.16 bits per heavy atom. The second kappa shape index (κ2) is 7.52. The molecule has 5 rings (SSSR count). The minimum Gasteiger partial charge on any atom is -0.399 e. The number of benzene rings is 2. The Labute approximate surface area is 179 Å². The molecule has 31 heavy (non-hydrogen) atoms. The van der Waals surface area contributed by atoms with Crippen molar-refractivity contribution < 1.29 is 4.79 Å². The first kappa shape index (κ1) is 19.3. The highest BCUT2D eigenvalue weighted by molar-refractivity contribution is 5.93. The van der Waals surface area contributed by atoms with E-state index in [0.717, 1.165) is 34.3 Å². The topological polar surface area (TPSA) is 97.0 Å². The predicted octanol–water partition coefficient (Wildman–Crippen LogP) is 3.19. The van der Waals surface area contributed by atoms with Crippen LogP contribution in [0.25, 0.3) is 22.3 Å². The van der Waals surface area contributed by atoms with Crippen LogP contribution in [0.3, 0.4) is 0 Å². The number of nitrogens with one attached hydrogen (secondary N) is 1. The predicted molar refractivity (Wildman–Crippen MR) is 121 cm³/mol. The van der Waals surface area contributed by atoms with Crippen LogP contribution in [-0.4, -0.2) is 31.9 Å². The van der Waals surface area contributed by atoms with Gasteiger partial charge in [-0.15, -0.1) is 0 Å². The molecule has 1 aliphatic rings. The fourth-order valence-electron chi connectivity index (χ4n) is 4.27. The Balaban J connectivity index is 1.43. The van der Waals surface area contributed by atoms with Crippen molar-refractivity contribution in [3.63, 3.8) is 0 Å². The number of nitrogen functional groups attached to an aromatic ring is 1. The van der Waals surface area contributed by atoms with Gasteiger partial charge in [-0.1, -0.05) is 18.2 Å². The SMILES string of the molecule is CC(=O)n1cc(CN2CCc3nc(-c4ccc(N)cc4)[nH]c(=O)c3C2)c2ccccc21. The minimum atomic E-state index is -0.104. The van der Waals surface area contributed by atoms with Crippen molar-refractivity contribution in [3.8, 4) is 11.4 Å². The standard InChI is InChI=1S/C24H23N5O2/c1-15(30)29-13-17(19-4-2-3-5-22(19)29)12-28-11-10-21-20(14-28)24(31)27-23(26-21)16-6-8-18(25)9-7-16/h2-9,13H,10-12,14,25H2,1H3,(H,26,27,31). The number of hydrogen-bond acceptors (Lipinski definition) is 5. The van der Waals surface area contributed by atoms with E-state index in [1.807, 2.05) is 42.6 Å². The van der Waals surface area contributed by atoms with Crippen LogP contribution >= 0.6 is 0 Å². The molecule has 156 valence electrons. The minimum absolute atomic E-state index is 0.0118. The summed E-state index contributed by atoms with van der Waals surface area (Å²) in [5, 5.41) is 1.06. The molecule has 0 amide bonds. The molecule has 0 radical (unpaired) electrons. The summed E-state index contributed by atoms with van der Waals surface area (Å²) in [6.45, 7) is 3.56. The molecule has 0 atom stereocenters. The number of nitrogens with two attached hydrogens (primary N) is 1. The number of anilines is 1. The molecule has 0 spiro atoms. The summed E-state index contributed by atoms with van der Waals surface area (Å²) in [6.07, 6.45) is 2.61. The van der Waals surface area contributed by atoms with Gasteiger partial charge in [0.25, 0.3) is 5.56 Å². The van der Waals surface area contributed by atoms with Crippen LogP contribution in [-0.2, 0) is 19.5 Å². The number of hydrogen-bond donors (Lipinski definition) is 2. The first-order chi connectivity index (χ1) is 15.0. The van der Waals surface area contributed by atoms with Crippen molar-refractivity contribution in [2.24, 2.45) is 0 Å². The number of aromatic nitrogens is 3. The largest absolute Gasteiger partial charge is 0.399 e. The fourth-order valence-corrected chi connectivity index (χ4v) is 4.27. The molecule has 7 heteroatoms. The number of carbonyl (C=O) groups excluding carboxylic acids is 1. The smallest absolute Gasteiger partial charge is 0.255 e. The molecule has 3 N–H and O–H groups in total. The summed E-state index contributed by atoms with van der Waals surface area (Å²) >= 11 is 0. The highest BCUT2D eigenvalue weighted by Crippen LogP contribution is 2.25. The van der Waals surface area contributed by atoms with Crippen LogP contribution in [0, 0.1) is 0 Å². The van der Waals surface area contributed by atoms with Crippen molar-refractivity contribution in [3.05, 3.63) is 81.9 Å². The number of H-pyrrole nitrogens is 1. The van der Waals surface area contributed by atoms with Crippen molar-refractivity contribution in [1.82, 2.24) is 19.4 Å². The maximum atomic E-state index is 12.8. The van der Waals surface area contributed by atoms with Gasteiger partial charge in [0.05, 0.1) is 16.8 Å². The lowest BCUT2D eigenvalue weighted by Crippen LogP contribution is -2.35. The monoisotopic (exact) mass is 413 g/mol. The van der Waals surface area contributed by atoms with E-state index in [9.17, 15) is 9.59 Å². The van der Waals surface area contributed by atoms with E-state index in [2.05, 4.69) is 9.88 Å². The third-order valence-corrected chi connectivity index (χ3v) is 5.86. The van der Waals surface area contributed by atoms with Gasteiger partial charge in [0.2, 0.25) is 5.91 Å². The summed E-state index contributed by atoms with van der Waals surface area (Å²) in [4.78, 5) is 34.7. The van der Waals surface area contributed by atoms with E-state index < -0.39 is 0 Å². The van der Waals surface area contributed by atoms with Gasteiger partial charge in [-0.05, 0) is 35.9 Å². The maximum Gasteiger partial charge on any atom is 0.255 e. The van der Waals surface area contributed by atoms with Crippen molar-refractivity contribution in [2.45, 2.75) is 26.4 Å². The first-order valence-electron chi connectivity index (χ1n) is 10.3. The molecule has 0 fully saturated rings. The van der Waals surface area contributed by atoms with Crippen molar-refractivity contribution >= 4 is 22.5 Å². The van der Waals surface area contributed by atoms with Gasteiger partial charge in [-0.3, -0.25) is 19.1 Å². The number of para-hydroxylation sites is 1. The lowest BCUT2D eigenvalue weighted by molar-refractivity contribution is 0.0941. The van der Waals surface area contributed by atoms with E-state index in [0.29, 0.717) is 36.6 Å². The van der Waals surface area contributed by atoms with E-state index in [-0.39, 0.29) is 11.5 Å². The molecule has 2 aromatic heterocycles. The molecule has 0 aliphatic carbocycles. The van der Waals surface area contributed by atoms with E-state index in [4.69, 9.17) is 10.7 Å². The van der Waals surface area contributed by atoms with Crippen LogP contribution in [0.15, 0.2) is 59.5 Å². The molecule has 0 saturated carbocycles. The molecule has 0 bridgehead atoms. The third kappa shape index (κ3) is 3.53. The summed E-state index contributed by atoms with van der Waals surface area (Å²) < 4.78 is 1.69. The molecule has 0 saturated heterocycles. The lowest BCUT2D eigenvalue weighted by atomic mass is 10.0. The third-order valence-electron chi connectivity index (χ3n) is 5.86. The molecule has 4 aromatic rings. The van der Waals surface area contributed by atoms with Gasteiger partial charge in [-0.25, -0.2) is 4.98 Å². The van der Waals surface area contributed by atoms with Crippen LogP contribution in [0.2, 0.25) is 0 Å². The van der Waals surface area contributed by atoms with Gasteiger partial charge in [0, 0.05) is 55.8 Å². The van der Waals surface area contributed by atoms with E-state index in [1.54, 1.807) is 23.6 Å². The summed E-state index contributed by atoms with van der Waals surface area (Å²) in [7, 11) is 0. The van der Waals surface area contributed by atoms with Gasteiger partial charge in [0.15, 0.2) is 0 Å². The highest BCUT2D eigenvalue weighted by Gasteiger charge is 2.23. The Bertz CT molecular complexity index is 1350. The van der Waals surface area contributed by atoms with Crippen molar-refractivity contribution in [1.29, 1.82) is 0 Å². The second-order valence-corrected chi connectivity index (χ2v) is 7.98. The molecule has 3 heterocycles. The lowest BCUT2D eigenvalue weighted by Gasteiger charge is -2.27. The summed E-state index contributed by atoms with van der Waals surface area (Å²) in [5.41, 5.74) is 10.7. The maximum absolute atomic E-state index is 12.8. The van der Waals surface area contributed by atoms with Crippen LogP contribution in [0.5, 0.6) is 0 Å². The van der Waals surface area contributed by atoms with Gasteiger partial charge in [-0.2, -0.15) is 0 Å². The number of carbonyl (C=O) groups is 1. The average Bonchev–Trinajstić information content (AvgIpc) is 3.13. The second-order valence-electron chi connectivity index (χ2n) is 7.98. The fraction of sp³-hybridized carbons (Fsp3) is 0.208. The molecular formula is C24H23N5O2. The van der Waals surface area contributed by atoms with Crippen LogP contribution in [0.4, 0.5) is 5.69 Å². The Hall–Kier alpha value is -3.71.